The molecule has 0 aromatic carbocycles. The summed E-state index contributed by atoms with van der Waals surface area (Å²) in [7, 11) is -7.47. The van der Waals surface area contributed by atoms with Gasteiger partial charge in [-0.1, -0.05) is 0 Å². The van der Waals surface area contributed by atoms with E-state index in [9.17, 15) is 92.0 Å². The van der Waals surface area contributed by atoms with E-state index in [0.717, 1.165) is 0 Å². The molecule has 0 saturated carbocycles. The maximum Gasteiger partial charge on any atom is 1.00 e. The molecule has 0 N–H and O–H groups in total. The second-order valence-corrected chi connectivity index (χ2v) is 7.06. The van der Waals surface area contributed by atoms with Crippen LogP contribution in [0.5, 0.6) is 0 Å². The molecule has 0 fully saturated rings. The third kappa shape index (κ3) is 4.86. The van der Waals surface area contributed by atoms with Gasteiger partial charge in [0.25, 0.3) is 11.9 Å². The van der Waals surface area contributed by atoms with E-state index in [0.29, 0.717) is 0 Å². The molecule has 0 aromatic heterocycles. The van der Waals surface area contributed by atoms with Crippen molar-refractivity contribution in [3.8, 4) is 0 Å². The Hall–Kier alpha value is -0.350. The molecule has 2 atom stereocenters. The number of rotatable bonds is 10. The van der Waals surface area contributed by atoms with Gasteiger partial charge in [-0.3, -0.25) is 0 Å². The van der Waals surface area contributed by atoms with E-state index in [1.807, 2.05) is 0 Å². The molecule has 0 aliphatic heterocycles. The standard InChI is InChI=1S/C10H4F18O3S.Na/c11-1(2(12)13)4(15,16)6(19,20)8(23,24)10(27,28)9(25,26)7(21,22)5(17,18)3(14)32(29,30)31;/h1-3H,(H,29,30,31);/q;+1/p-1. The van der Waals surface area contributed by atoms with E-state index in [4.69, 9.17) is 0 Å². The minimum atomic E-state index is -8.89. The normalized spacial score (nSPS) is 17.6. The van der Waals surface area contributed by atoms with Crippen molar-refractivity contribution in [2.75, 3.05) is 0 Å². The maximum atomic E-state index is 13.3. The second-order valence-electron chi connectivity index (χ2n) is 5.66. The van der Waals surface area contributed by atoms with Gasteiger partial charge in [-0.05, 0) is 0 Å². The topological polar surface area (TPSA) is 57.2 Å². The molecule has 0 saturated heterocycles. The van der Waals surface area contributed by atoms with Crippen LogP contribution in [0.3, 0.4) is 0 Å². The van der Waals surface area contributed by atoms with Crippen molar-refractivity contribution in [3.05, 3.63) is 0 Å². The van der Waals surface area contributed by atoms with Gasteiger partial charge in [0, 0.05) is 0 Å². The minimum Gasteiger partial charge on any atom is -0.746 e. The van der Waals surface area contributed by atoms with E-state index < -0.39 is 69.7 Å². The Morgan fingerprint density at radius 2 is 0.758 bits per heavy atom. The predicted molar refractivity (Wildman–Crippen MR) is 60.1 cm³/mol. The summed E-state index contributed by atoms with van der Waals surface area (Å²) >= 11 is 0. The predicted octanol–water partition coefficient (Wildman–Crippen LogP) is 1.88. The van der Waals surface area contributed by atoms with E-state index in [-0.39, 0.29) is 29.6 Å². The van der Waals surface area contributed by atoms with Crippen LogP contribution in [0.1, 0.15) is 0 Å². The van der Waals surface area contributed by atoms with Gasteiger partial charge in [0.05, 0.1) is 0 Å². The van der Waals surface area contributed by atoms with Crippen LogP contribution in [-0.2, 0) is 10.1 Å². The Balaban J connectivity index is 0. The van der Waals surface area contributed by atoms with Crippen molar-refractivity contribution in [1.29, 1.82) is 0 Å². The number of alkyl halides is 18. The number of hydrogen-bond donors (Lipinski definition) is 0. The summed E-state index contributed by atoms with van der Waals surface area (Å²) in [5, 5.41) is 0. The zero-order valence-corrected chi connectivity index (χ0v) is 17.5. The van der Waals surface area contributed by atoms with Gasteiger partial charge in [-0.2, -0.15) is 61.5 Å². The molecule has 0 aliphatic rings. The zero-order valence-electron chi connectivity index (χ0n) is 14.7. The SMILES string of the molecule is O=S(=O)([O-])C(F)C(F)(F)C(F)(F)C(F)(F)C(F)(F)C(F)(F)C(F)(F)C(F)(F)C(F)C(F)F.[Na+]. The summed E-state index contributed by atoms with van der Waals surface area (Å²) in [5.74, 6) is -59.1. The first-order valence-corrected chi connectivity index (χ1v) is 8.14. The molecule has 2 unspecified atom stereocenters. The van der Waals surface area contributed by atoms with Crippen molar-refractivity contribution in [2.24, 2.45) is 0 Å². The fourth-order valence-corrected chi connectivity index (χ4v) is 2.18. The Labute approximate surface area is 191 Å². The smallest absolute Gasteiger partial charge is 0.746 e. The Bertz CT molecular complexity index is 795. The fraction of sp³-hybridized carbons (Fsp3) is 1.00. The molecular formula is C10H3F18NaO3S. The molecule has 194 valence electrons. The first-order chi connectivity index (χ1) is 13.5. The molecule has 0 bridgehead atoms. The monoisotopic (exact) mass is 568 g/mol. The number of halogens is 18. The van der Waals surface area contributed by atoms with E-state index >= 15 is 0 Å². The molecule has 0 amide bonds. The summed E-state index contributed by atoms with van der Waals surface area (Å²) in [6.07, 6.45) is -11.2. The Morgan fingerprint density at radius 3 is 1.00 bits per heavy atom. The van der Waals surface area contributed by atoms with Crippen molar-refractivity contribution in [1.82, 2.24) is 0 Å². The van der Waals surface area contributed by atoms with Crippen LogP contribution in [0.4, 0.5) is 79.0 Å². The third-order valence-electron chi connectivity index (χ3n) is 3.52. The first-order valence-electron chi connectivity index (χ1n) is 6.67. The van der Waals surface area contributed by atoms with Crippen LogP contribution in [0.25, 0.3) is 0 Å². The summed E-state index contributed by atoms with van der Waals surface area (Å²) in [6.45, 7) is 0. The Kier molecular flexibility index (Phi) is 9.77. The quantitative estimate of drug-likeness (QED) is 0.230. The van der Waals surface area contributed by atoms with Gasteiger partial charge < -0.3 is 4.55 Å². The number of hydrogen-bond acceptors (Lipinski definition) is 3. The molecule has 0 aromatic rings. The minimum absolute atomic E-state index is 0. The summed E-state index contributed by atoms with van der Waals surface area (Å²) in [4.78, 5) is 0. The molecule has 0 radical (unpaired) electrons. The molecule has 3 nitrogen and oxygen atoms in total. The van der Waals surface area contributed by atoms with Crippen molar-refractivity contribution >= 4 is 10.1 Å². The first kappa shape index (κ1) is 34.8. The Morgan fingerprint density at radius 1 is 0.515 bits per heavy atom. The van der Waals surface area contributed by atoms with Crippen LogP contribution >= 0.6 is 0 Å². The molecule has 0 heterocycles. The van der Waals surface area contributed by atoms with Gasteiger partial charge in [0.2, 0.25) is 6.17 Å². The maximum absolute atomic E-state index is 13.3. The molecule has 23 heteroatoms. The second kappa shape index (κ2) is 9.26. The van der Waals surface area contributed by atoms with E-state index in [1.54, 1.807) is 0 Å². The van der Waals surface area contributed by atoms with E-state index in [2.05, 4.69) is 0 Å². The van der Waals surface area contributed by atoms with Crippen molar-refractivity contribution in [3.63, 3.8) is 0 Å². The largest absolute Gasteiger partial charge is 1.00 e. The van der Waals surface area contributed by atoms with Gasteiger partial charge in [-0.25, -0.2) is 26.0 Å². The van der Waals surface area contributed by atoms with Crippen molar-refractivity contribution < 1.29 is 122 Å². The summed E-state index contributed by atoms with van der Waals surface area (Å²) in [5.41, 5.74) is -6.11. The molecule has 0 rings (SSSR count). The zero-order chi connectivity index (χ0) is 26.7. The van der Waals surface area contributed by atoms with Gasteiger partial charge >= 0.3 is 71.0 Å². The van der Waals surface area contributed by atoms with Crippen molar-refractivity contribution in [2.45, 2.75) is 59.6 Å². The van der Waals surface area contributed by atoms with Crippen LogP contribution in [0, 0.1) is 0 Å². The molecule has 33 heavy (non-hydrogen) atoms. The molecule has 0 aliphatic carbocycles. The average Bonchev–Trinajstić information content (AvgIpc) is 2.58. The van der Waals surface area contributed by atoms with Crippen LogP contribution in [0.2, 0.25) is 0 Å². The van der Waals surface area contributed by atoms with Gasteiger partial charge in [0.15, 0.2) is 0 Å². The molecule has 0 spiro atoms. The van der Waals surface area contributed by atoms with Crippen LogP contribution < -0.4 is 29.6 Å². The van der Waals surface area contributed by atoms with Gasteiger partial charge in [0.1, 0.15) is 10.1 Å². The van der Waals surface area contributed by atoms with Crippen LogP contribution in [-0.4, -0.2) is 72.5 Å². The van der Waals surface area contributed by atoms with Gasteiger partial charge in [-0.15, -0.1) is 0 Å². The summed E-state index contributed by atoms with van der Waals surface area (Å²) in [6, 6.07) is 0. The third-order valence-corrected chi connectivity index (χ3v) is 4.32. The molecular weight excluding hydrogens is 565 g/mol. The van der Waals surface area contributed by atoms with E-state index in [1.165, 1.54) is 0 Å². The van der Waals surface area contributed by atoms with Crippen LogP contribution in [0.15, 0.2) is 0 Å². The fourth-order valence-electron chi connectivity index (χ4n) is 1.67. The summed E-state index contributed by atoms with van der Waals surface area (Å²) < 4.78 is 263. The average molecular weight is 568 g/mol.